The molecule has 3 heterocycles. The van der Waals surface area contributed by atoms with Crippen LogP contribution in [0.2, 0.25) is 0 Å². The normalized spacial score (nSPS) is 17.8. The first-order valence-corrected chi connectivity index (χ1v) is 13.9. The third-order valence-corrected chi connectivity index (χ3v) is 6.83. The minimum atomic E-state index is -0.296. The molecule has 10 nitrogen and oxygen atoms in total. The molecule has 0 saturated carbocycles. The van der Waals surface area contributed by atoms with Crippen molar-refractivity contribution in [2.75, 3.05) is 26.6 Å². The second-order valence-corrected chi connectivity index (χ2v) is 10.1. The van der Waals surface area contributed by atoms with E-state index in [4.69, 9.17) is 29.3 Å². The van der Waals surface area contributed by atoms with Crippen LogP contribution in [-0.2, 0) is 13.0 Å². The molecule has 0 bridgehead atoms. The molecule has 2 unspecified atom stereocenters. The number of benzene rings is 2. The summed E-state index contributed by atoms with van der Waals surface area (Å²) in [6.45, 7) is 4.63. The van der Waals surface area contributed by atoms with E-state index < -0.39 is 0 Å². The van der Waals surface area contributed by atoms with Gasteiger partial charge in [-0.15, -0.1) is 5.10 Å². The Morgan fingerprint density at radius 2 is 1.71 bits per heavy atom. The van der Waals surface area contributed by atoms with Crippen LogP contribution in [0.5, 0.6) is 17.2 Å². The molecule has 5 rings (SSSR count). The lowest BCUT2D eigenvalue weighted by Crippen LogP contribution is -2.26. The van der Waals surface area contributed by atoms with Crippen molar-refractivity contribution in [3.63, 3.8) is 0 Å². The smallest absolute Gasteiger partial charge is 0.243 e. The molecule has 3 aromatic rings. The molecule has 2 aliphatic rings. The van der Waals surface area contributed by atoms with E-state index in [1.165, 1.54) is 0 Å². The van der Waals surface area contributed by atoms with Gasteiger partial charge in [0.05, 0.1) is 33.5 Å². The van der Waals surface area contributed by atoms with Crippen LogP contribution in [0.1, 0.15) is 43.6 Å². The summed E-state index contributed by atoms with van der Waals surface area (Å²) in [5, 5.41) is 8.18. The maximum absolute atomic E-state index is 5.52. The van der Waals surface area contributed by atoms with Crippen LogP contribution < -0.4 is 19.5 Å². The number of ether oxygens (including phenoxy) is 3. The van der Waals surface area contributed by atoms with Crippen LogP contribution >= 0.6 is 0 Å². The molecule has 42 heavy (non-hydrogen) atoms. The van der Waals surface area contributed by atoms with Crippen molar-refractivity contribution in [1.82, 2.24) is 14.8 Å². The Morgan fingerprint density at radius 3 is 2.43 bits per heavy atom. The molecule has 0 saturated heterocycles. The highest BCUT2D eigenvalue weighted by Gasteiger charge is 2.21. The summed E-state index contributed by atoms with van der Waals surface area (Å²) in [4.78, 5) is 18.8. The highest BCUT2D eigenvalue weighted by Crippen LogP contribution is 2.28. The molecule has 0 aliphatic carbocycles. The molecule has 0 spiro atoms. The predicted molar refractivity (Wildman–Crippen MR) is 165 cm³/mol. The second-order valence-electron chi connectivity index (χ2n) is 10.1. The number of hydrogen-bond donors (Lipinski definition) is 1. The van der Waals surface area contributed by atoms with Crippen molar-refractivity contribution in [2.24, 2.45) is 20.9 Å². The number of aromatic nitrogens is 3. The van der Waals surface area contributed by atoms with Gasteiger partial charge < -0.3 is 19.5 Å². The van der Waals surface area contributed by atoms with Gasteiger partial charge in [0.15, 0.2) is 11.5 Å². The van der Waals surface area contributed by atoms with E-state index in [-0.39, 0.29) is 6.17 Å². The summed E-state index contributed by atoms with van der Waals surface area (Å²) in [6, 6.07) is 13.7. The summed E-state index contributed by atoms with van der Waals surface area (Å²) < 4.78 is 18.0. The fourth-order valence-electron chi connectivity index (χ4n) is 4.59. The zero-order chi connectivity index (χ0) is 29.5. The number of rotatable bonds is 8. The Hall–Kier alpha value is -4.91. The first-order chi connectivity index (χ1) is 20.4. The van der Waals surface area contributed by atoms with Gasteiger partial charge in [-0.3, -0.25) is 9.98 Å². The second kappa shape index (κ2) is 13.2. The number of allylic oxidation sites excluding steroid dienone is 2. The Balaban J connectivity index is 1.41. The fraction of sp³-hybridized carbons (Fsp3) is 0.344. The van der Waals surface area contributed by atoms with Crippen molar-refractivity contribution in [3.05, 3.63) is 71.2 Å². The summed E-state index contributed by atoms with van der Waals surface area (Å²) >= 11 is 0. The summed E-state index contributed by atoms with van der Waals surface area (Å²) in [5.74, 6) is 10.9. The monoisotopic (exact) mass is 565 g/mol. The summed E-state index contributed by atoms with van der Waals surface area (Å²) in [6.07, 6.45) is 5.59. The van der Waals surface area contributed by atoms with Gasteiger partial charge in [0, 0.05) is 19.2 Å². The van der Waals surface area contributed by atoms with Gasteiger partial charge in [-0.05, 0) is 72.6 Å². The molecular formula is C32H35N7O3. The van der Waals surface area contributed by atoms with Gasteiger partial charge in [0.25, 0.3) is 0 Å². The maximum Gasteiger partial charge on any atom is 0.243 e. The van der Waals surface area contributed by atoms with Gasteiger partial charge in [-0.25, -0.2) is 9.67 Å². The molecule has 0 amide bonds. The average Bonchev–Trinajstić information content (AvgIpc) is 3.42. The van der Waals surface area contributed by atoms with Gasteiger partial charge >= 0.3 is 0 Å². The van der Waals surface area contributed by atoms with E-state index in [9.17, 15) is 0 Å². The van der Waals surface area contributed by atoms with Crippen molar-refractivity contribution in [2.45, 2.75) is 45.8 Å². The lowest BCUT2D eigenvalue weighted by Gasteiger charge is -2.16. The van der Waals surface area contributed by atoms with Crippen LogP contribution in [-0.4, -0.2) is 60.0 Å². The summed E-state index contributed by atoms with van der Waals surface area (Å²) in [5.41, 5.74) is 3.59. The standard InChI is InChI=1S/C32H35N7O3/c1-21-6-10-25(33-19-21)11-12-26-18-31(36-22(2)35-26)39-30(17-24-9-15-28(41-4)29(16-24)42-5)37-32(38-39)34-20-23-7-13-27(40-3)14-8-23/h7-10,13-16,19,21-22H,6,17-18,20H2,1-5H3,(H,34,38). The average molecular weight is 566 g/mol. The first-order valence-electron chi connectivity index (χ1n) is 13.9. The predicted octanol–water partition coefficient (Wildman–Crippen LogP) is 4.94. The largest absolute Gasteiger partial charge is 0.497 e. The van der Waals surface area contributed by atoms with E-state index >= 15 is 0 Å². The number of aliphatic imine (C=N–C) groups is 3. The van der Waals surface area contributed by atoms with E-state index in [0.29, 0.717) is 42.8 Å². The van der Waals surface area contributed by atoms with Crippen LogP contribution in [0.3, 0.4) is 0 Å². The van der Waals surface area contributed by atoms with Gasteiger partial charge in [0.1, 0.15) is 29.3 Å². The first kappa shape index (κ1) is 28.6. The van der Waals surface area contributed by atoms with Crippen LogP contribution in [0.4, 0.5) is 5.95 Å². The van der Waals surface area contributed by atoms with E-state index in [1.807, 2.05) is 55.6 Å². The third-order valence-electron chi connectivity index (χ3n) is 6.83. The van der Waals surface area contributed by atoms with Crippen LogP contribution in [0, 0.1) is 17.8 Å². The van der Waals surface area contributed by atoms with Crippen LogP contribution in [0.15, 0.2) is 69.2 Å². The lowest BCUT2D eigenvalue weighted by atomic mass is 10.1. The molecule has 2 atom stereocenters. The lowest BCUT2D eigenvalue weighted by molar-refractivity contribution is 0.354. The third kappa shape index (κ3) is 7.04. The van der Waals surface area contributed by atoms with Crippen molar-refractivity contribution < 1.29 is 14.2 Å². The Kier molecular flexibility index (Phi) is 8.97. The highest BCUT2D eigenvalue weighted by molar-refractivity contribution is 6.13. The Labute approximate surface area is 246 Å². The van der Waals surface area contributed by atoms with Gasteiger partial charge in [0.2, 0.25) is 5.95 Å². The van der Waals surface area contributed by atoms with Crippen molar-refractivity contribution >= 4 is 23.7 Å². The molecule has 10 heteroatoms. The molecule has 2 aliphatic heterocycles. The summed E-state index contributed by atoms with van der Waals surface area (Å²) in [7, 11) is 4.90. The Morgan fingerprint density at radius 1 is 0.929 bits per heavy atom. The van der Waals surface area contributed by atoms with E-state index in [0.717, 1.165) is 46.4 Å². The number of nitrogens with one attached hydrogen (secondary N) is 1. The molecular weight excluding hydrogens is 530 g/mol. The van der Waals surface area contributed by atoms with Crippen LogP contribution in [0.25, 0.3) is 0 Å². The van der Waals surface area contributed by atoms with Crippen molar-refractivity contribution in [3.8, 4) is 29.1 Å². The number of methoxy groups -OCH3 is 3. The Bertz CT molecular complexity index is 1610. The molecule has 1 N–H and O–H groups in total. The van der Waals surface area contributed by atoms with Gasteiger partial charge in [-0.2, -0.15) is 4.98 Å². The van der Waals surface area contributed by atoms with E-state index in [2.05, 4.69) is 40.1 Å². The van der Waals surface area contributed by atoms with Crippen molar-refractivity contribution in [1.29, 1.82) is 0 Å². The van der Waals surface area contributed by atoms with E-state index in [1.54, 1.807) is 26.0 Å². The zero-order valence-electron chi connectivity index (χ0n) is 24.6. The molecule has 1 aromatic heterocycles. The SMILES string of the molecule is COc1ccc(CNc2nc(Cc3ccc(OC)c(OC)c3)n(C3=NC(C)N=C(C#CC4=CCC(C)C=N4)C3)n2)cc1. The maximum atomic E-state index is 5.52. The number of nitrogens with zero attached hydrogens (tertiary/aromatic N) is 6. The zero-order valence-corrected chi connectivity index (χ0v) is 24.6. The minimum absolute atomic E-state index is 0.296. The number of anilines is 1. The molecule has 0 radical (unpaired) electrons. The molecule has 216 valence electrons. The minimum Gasteiger partial charge on any atom is -0.497 e. The number of hydrogen-bond acceptors (Lipinski definition) is 9. The quantitative estimate of drug-likeness (QED) is 0.388. The van der Waals surface area contributed by atoms with Gasteiger partial charge in [-0.1, -0.05) is 25.1 Å². The topological polar surface area (TPSA) is 108 Å². The highest BCUT2D eigenvalue weighted by atomic mass is 16.5. The molecule has 2 aromatic carbocycles. The molecule has 0 fully saturated rings. The fourth-order valence-corrected chi connectivity index (χ4v) is 4.59.